The summed E-state index contributed by atoms with van der Waals surface area (Å²) in [7, 11) is 3.32. The number of amides is 2. The number of alkyl halides is 3. The number of carbonyl (C=O) groups is 2. The number of thioether (sulfide) groups is 1. The van der Waals surface area contributed by atoms with E-state index in [1.165, 1.54) is 15.9 Å². The molecular weight excluding hydrogens is 608 g/mol. The van der Waals surface area contributed by atoms with Crippen molar-refractivity contribution in [2.24, 2.45) is 0 Å². The summed E-state index contributed by atoms with van der Waals surface area (Å²) < 4.78 is 41.9. The maximum atomic E-state index is 14.0. The molecular formula is C27H30Cl3F3N4O2S. The Balaban J connectivity index is 1.29. The zero-order valence-electron chi connectivity index (χ0n) is 22.1. The number of carbonyl (C=O) groups excluding carboxylic acids is 2. The Morgan fingerprint density at radius 3 is 2.00 bits per heavy atom. The molecule has 2 fully saturated rings. The lowest BCUT2D eigenvalue weighted by atomic mass is 9.95. The molecule has 6 nitrogen and oxygen atoms in total. The first-order valence-corrected chi connectivity index (χ1v) is 15.0. The third kappa shape index (κ3) is 7.49. The van der Waals surface area contributed by atoms with Gasteiger partial charge >= 0.3 is 6.18 Å². The molecule has 0 aliphatic carbocycles. The first-order chi connectivity index (χ1) is 18.8. The van der Waals surface area contributed by atoms with Crippen LogP contribution in [-0.4, -0.2) is 83.5 Å². The molecule has 0 saturated carbocycles. The van der Waals surface area contributed by atoms with Crippen molar-refractivity contribution in [2.75, 3.05) is 45.2 Å². The fourth-order valence-electron chi connectivity index (χ4n) is 5.10. The van der Waals surface area contributed by atoms with Crippen LogP contribution in [0.15, 0.2) is 30.3 Å². The van der Waals surface area contributed by atoms with Gasteiger partial charge in [-0.2, -0.15) is 24.9 Å². The van der Waals surface area contributed by atoms with Crippen LogP contribution in [0.2, 0.25) is 15.2 Å². The van der Waals surface area contributed by atoms with E-state index < -0.39 is 18.0 Å². The largest absolute Gasteiger partial charge is 0.404 e. The number of anilines is 1. The Morgan fingerprint density at radius 2 is 1.50 bits per heavy atom. The number of benzene rings is 1. The summed E-state index contributed by atoms with van der Waals surface area (Å²) >= 11 is 20.0. The topological polar surface area (TPSA) is 56.8 Å². The summed E-state index contributed by atoms with van der Waals surface area (Å²) in [6, 6.07) is 7.16. The van der Waals surface area contributed by atoms with E-state index >= 15 is 0 Å². The summed E-state index contributed by atoms with van der Waals surface area (Å²) in [5.41, 5.74) is 0.122. The fraction of sp³-hybridized carbons (Fsp3) is 0.519. The van der Waals surface area contributed by atoms with Crippen LogP contribution in [0.4, 0.5) is 19.0 Å². The molecule has 1 unspecified atom stereocenters. The van der Waals surface area contributed by atoms with Crippen LogP contribution in [0, 0.1) is 0 Å². The second kappa shape index (κ2) is 13.0. The average molecular weight is 638 g/mol. The van der Waals surface area contributed by atoms with E-state index in [-0.39, 0.29) is 45.0 Å². The third-order valence-corrected chi connectivity index (χ3v) is 9.60. The number of likely N-dealkylation sites (tertiary alicyclic amines) is 1. The van der Waals surface area contributed by atoms with E-state index in [0.717, 1.165) is 43.9 Å². The van der Waals surface area contributed by atoms with Crippen molar-refractivity contribution in [3.63, 3.8) is 0 Å². The molecule has 13 heteroatoms. The van der Waals surface area contributed by atoms with Crippen molar-refractivity contribution in [2.45, 2.75) is 48.3 Å². The highest BCUT2D eigenvalue weighted by molar-refractivity contribution is 8.00. The Labute approximate surface area is 251 Å². The number of nitrogens with zero attached hydrogens (tertiary/aromatic N) is 4. The van der Waals surface area contributed by atoms with Gasteiger partial charge in [-0.25, -0.2) is 4.98 Å². The molecule has 4 rings (SSSR count). The predicted molar refractivity (Wildman–Crippen MR) is 155 cm³/mol. The molecule has 2 amide bonds. The minimum atomic E-state index is -4.76. The molecule has 1 aromatic heterocycles. The van der Waals surface area contributed by atoms with Gasteiger partial charge in [-0.05, 0) is 61.6 Å². The maximum Gasteiger partial charge on any atom is 0.404 e. The molecule has 1 aromatic carbocycles. The summed E-state index contributed by atoms with van der Waals surface area (Å²) in [5, 5.41) is 0.974. The Hall–Kier alpha value is -1.88. The molecule has 2 aliphatic heterocycles. The third-order valence-electron chi connectivity index (χ3n) is 7.17. The predicted octanol–water partition coefficient (Wildman–Crippen LogP) is 6.78. The molecule has 0 spiro atoms. The van der Waals surface area contributed by atoms with E-state index in [0.29, 0.717) is 23.7 Å². The highest BCUT2D eigenvalue weighted by Gasteiger charge is 2.48. The van der Waals surface area contributed by atoms with Crippen LogP contribution in [0.5, 0.6) is 0 Å². The standard InChI is InChI=1S/C27H30Cl3F3N4O2S/c1-35(2)25(38)21-3-4-22(34-24(21)30)36-9-5-19(6-10-36)40-20-7-11-37(12-8-20)26(39)23(27(31,32)33)16-13-17(28)15-18(29)14-16/h3-4,13-15,19-20,23H,5-12H2,1-2H3. The lowest BCUT2D eigenvalue weighted by Crippen LogP contribution is -2.45. The monoisotopic (exact) mass is 636 g/mol. The highest BCUT2D eigenvalue weighted by atomic mass is 35.5. The minimum absolute atomic E-state index is 0.0565. The second-order valence-electron chi connectivity index (χ2n) is 10.2. The van der Waals surface area contributed by atoms with Crippen LogP contribution < -0.4 is 4.90 Å². The maximum absolute atomic E-state index is 14.0. The van der Waals surface area contributed by atoms with Crippen molar-refractivity contribution >= 4 is 64.2 Å². The molecule has 40 heavy (non-hydrogen) atoms. The molecule has 1 atom stereocenters. The van der Waals surface area contributed by atoms with Crippen molar-refractivity contribution in [3.05, 3.63) is 56.7 Å². The number of hydrogen-bond donors (Lipinski definition) is 0. The second-order valence-corrected chi connectivity index (χ2v) is 13.1. The molecule has 0 N–H and O–H groups in total. The molecule has 3 heterocycles. The van der Waals surface area contributed by atoms with Gasteiger partial charge in [-0.15, -0.1) is 0 Å². The first kappa shape index (κ1) is 31.1. The summed E-state index contributed by atoms with van der Waals surface area (Å²) in [6.45, 7) is 2.12. The van der Waals surface area contributed by atoms with Crippen molar-refractivity contribution < 1.29 is 22.8 Å². The SMILES string of the molecule is CN(C)C(=O)c1ccc(N2CCC(SC3CCN(C(=O)C(c4cc(Cl)cc(Cl)c4)C(F)(F)F)CC3)CC2)nc1Cl. The number of pyridine rings is 1. The number of rotatable bonds is 6. The van der Waals surface area contributed by atoms with Crippen molar-refractivity contribution in [1.82, 2.24) is 14.8 Å². The van der Waals surface area contributed by atoms with Crippen molar-refractivity contribution in [1.29, 1.82) is 0 Å². The van der Waals surface area contributed by atoms with E-state index in [2.05, 4.69) is 9.88 Å². The molecule has 0 bridgehead atoms. The Kier molecular flexibility index (Phi) is 10.1. The lowest BCUT2D eigenvalue weighted by molar-refractivity contribution is -0.172. The van der Waals surface area contributed by atoms with Gasteiger partial charge in [0.15, 0.2) is 5.92 Å². The van der Waals surface area contributed by atoms with Crippen LogP contribution >= 0.6 is 46.6 Å². The number of aromatic nitrogens is 1. The van der Waals surface area contributed by atoms with Gasteiger partial charge in [-0.1, -0.05) is 34.8 Å². The van der Waals surface area contributed by atoms with E-state index in [1.807, 2.05) is 17.8 Å². The normalized spacial score (nSPS) is 18.1. The van der Waals surface area contributed by atoms with Crippen molar-refractivity contribution in [3.8, 4) is 0 Å². The zero-order chi connectivity index (χ0) is 29.2. The molecule has 2 aliphatic rings. The highest BCUT2D eigenvalue weighted by Crippen LogP contribution is 2.40. The number of piperidine rings is 2. The summed E-state index contributed by atoms with van der Waals surface area (Å²) in [4.78, 5) is 34.6. The minimum Gasteiger partial charge on any atom is -0.356 e. The van der Waals surface area contributed by atoms with Crippen LogP contribution in [0.25, 0.3) is 0 Å². The van der Waals surface area contributed by atoms with E-state index in [4.69, 9.17) is 34.8 Å². The quantitative estimate of drug-likeness (QED) is 0.327. The molecule has 2 saturated heterocycles. The van der Waals surface area contributed by atoms with Gasteiger partial charge < -0.3 is 14.7 Å². The number of halogens is 6. The molecule has 0 radical (unpaired) electrons. The van der Waals surface area contributed by atoms with Gasteiger partial charge in [0, 0.05) is 60.8 Å². The van der Waals surface area contributed by atoms with Gasteiger partial charge in [0.2, 0.25) is 5.91 Å². The summed E-state index contributed by atoms with van der Waals surface area (Å²) in [5.74, 6) is -2.73. The first-order valence-electron chi connectivity index (χ1n) is 12.9. The van der Waals surface area contributed by atoms with E-state index in [9.17, 15) is 22.8 Å². The molecule has 218 valence electrons. The van der Waals surface area contributed by atoms with Crippen LogP contribution in [0.3, 0.4) is 0 Å². The van der Waals surface area contributed by atoms with Gasteiger partial charge in [0.25, 0.3) is 5.91 Å². The van der Waals surface area contributed by atoms with Crippen LogP contribution in [-0.2, 0) is 4.79 Å². The summed E-state index contributed by atoms with van der Waals surface area (Å²) in [6.07, 6.45) is -1.64. The fourth-order valence-corrected chi connectivity index (χ4v) is 7.39. The number of hydrogen-bond acceptors (Lipinski definition) is 5. The zero-order valence-corrected chi connectivity index (χ0v) is 25.1. The Bertz CT molecular complexity index is 1210. The Morgan fingerprint density at radius 1 is 0.950 bits per heavy atom. The van der Waals surface area contributed by atoms with Gasteiger partial charge in [-0.3, -0.25) is 9.59 Å². The van der Waals surface area contributed by atoms with Gasteiger partial charge in [0.05, 0.1) is 5.56 Å². The smallest absolute Gasteiger partial charge is 0.356 e. The van der Waals surface area contributed by atoms with Gasteiger partial charge in [0.1, 0.15) is 11.0 Å². The average Bonchev–Trinajstić information content (AvgIpc) is 2.88. The molecule has 2 aromatic rings. The van der Waals surface area contributed by atoms with E-state index in [1.54, 1.807) is 20.2 Å². The lowest BCUT2D eigenvalue weighted by Gasteiger charge is -2.38. The van der Waals surface area contributed by atoms with Crippen LogP contribution in [0.1, 0.15) is 47.5 Å².